The van der Waals surface area contributed by atoms with Crippen LogP contribution in [0.3, 0.4) is 0 Å². The zero-order valence-electron chi connectivity index (χ0n) is 17.2. The van der Waals surface area contributed by atoms with Crippen LogP contribution in [0.15, 0.2) is 30.3 Å². The van der Waals surface area contributed by atoms with Crippen molar-refractivity contribution >= 4 is 5.91 Å². The number of benzene rings is 1. The number of piperidine rings is 1. The highest BCUT2D eigenvalue weighted by molar-refractivity contribution is 5.84. The maximum atomic E-state index is 12.5. The summed E-state index contributed by atoms with van der Waals surface area (Å²) in [6, 6.07) is 12.1. The molecule has 4 rings (SSSR count). The molecule has 3 aliphatic rings. The van der Waals surface area contributed by atoms with Gasteiger partial charge in [-0.2, -0.15) is 0 Å². The number of hydrogen-bond acceptors (Lipinski definition) is 3. The van der Waals surface area contributed by atoms with E-state index in [4.69, 9.17) is 5.73 Å². The molecule has 154 valence electrons. The van der Waals surface area contributed by atoms with Crippen LogP contribution in [0.4, 0.5) is 0 Å². The van der Waals surface area contributed by atoms with Crippen LogP contribution in [-0.2, 0) is 4.79 Å². The van der Waals surface area contributed by atoms with Crippen molar-refractivity contribution in [3.05, 3.63) is 35.9 Å². The van der Waals surface area contributed by atoms with Crippen molar-refractivity contribution in [1.29, 1.82) is 0 Å². The molecular formula is C24H37N3O. The molecule has 1 aromatic carbocycles. The Morgan fingerprint density at radius 1 is 0.929 bits per heavy atom. The van der Waals surface area contributed by atoms with Gasteiger partial charge in [-0.3, -0.25) is 9.69 Å². The lowest BCUT2D eigenvalue weighted by Gasteiger charge is -2.48. The number of carbonyl (C=O) groups is 1. The van der Waals surface area contributed by atoms with E-state index < -0.39 is 5.54 Å². The Bertz CT molecular complexity index is 633. The number of primary amides is 1. The normalized spacial score (nSPS) is 29.4. The van der Waals surface area contributed by atoms with Crippen LogP contribution in [0.1, 0.15) is 82.1 Å². The molecule has 0 unspecified atom stereocenters. The molecule has 4 heteroatoms. The molecule has 1 aliphatic heterocycles. The van der Waals surface area contributed by atoms with Crippen molar-refractivity contribution in [2.45, 2.75) is 94.2 Å². The number of hydrogen-bond donors (Lipinski definition) is 2. The van der Waals surface area contributed by atoms with Crippen molar-refractivity contribution in [3.63, 3.8) is 0 Å². The average Bonchev–Trinajstić information content (AvgIpc) is 2.75. The molecule has 3 fully saturated rings. The first-order valence-electron chi connectivity index (χ1n) is 11.5. The van der Waals surface area contributed by atoms with E-state index in [0.29, 0.717) is 18.0 Å². The van der Waals surface area contributed by atoms with Crippen LogP contribution in [0.5, 0.6) is 0 Å². The number of nitrogens with two attached hydrogens (primary N) is 1. The summed E-state index contributed by atoms with van der Waals surface area (Å²) in [6.45, 7) is 1.97. The second-order valence-electron chi connectivity index (χ2n) is 9.33. The average molecular weight is 384 g/mol. The largest absolute Gasteiger partial charge is 0.368 e. The second kappa shape index (κ2) is 8.96. The summed E-state index contributed by atoms with van der Waals surface area (Å²) < 4.78 is 0. The van der Waals surface area contributed by atoms with Crippen LogP contribution < -0.4 is 11.1 Å². The van der Waals surface area contributed by atoms with Crippen molar-refractivity contribution in [2.24, 2.45) is 5.73 Å². The highest BCUT2D eigenvalue weighted by Gasteiger charge is 2.43. The van der Waals surface area contributed by atoms with Gasteiger partial charge in [-0.15, -0.1) is 0 Å². The van der Waals surface area contributed by atoms with Gasteiger partial charge in [0.2, 0.25) is 5.91 Å². The lowest BCUT2D eigenvalue weighted by atomic mass is 9.77. The molecule has 2 saturated carbocycles. The molecular weight excluding hydrogens is 346 g/mol. The standard InChI is InChI=1S/C24H37N3O/c25-23(28)24(26-20-11-5-2-6-12-20)15-17-27(18-16-24)22-14-8-7-13-21(22)19-9-3-1-4-10-19/h1,3-4,9-10,20-22,26H,2,5-8,11-18H2,(H2,25,28)/t21-,22-/m0/s1. The summed E-state index contributed by atoms with van der Waals surface area (Å²) in [5.74, 6) is 0.489. The lowest BCUT2D eigenvalue weighted by Crippen LogP contribution is -2.64. The SMILES string of the molecule is NC(=O)C1(NC2CCCCC2)CCN([C@H]2CCCC[C@H]2c2ccccc2)CC1. The van der Waals surface area contributed by atoms with Gasteiger partial charge >= 0.3 is 0 Å². The van der Waals surface area contributed by atoms with E-state index in [9.17, 15) is 4.79 Å². The van der Waals surface area contributed by atoms with Gasteiger partial charge in [0.15, 0.2) is 0 Å². The number of nitrogens with zero attached hydrogens (tertiary/aromatic N) is 1. The molecule has 0 bridgehead atoms. The first kappa shape index (κ1) is 19.9. The molecule has 0 radical (unpaired) electrons. The van der Waals surface area contributed by atoms with E-state index in [-0.39, 0.29) is 5.91 Å². The van der Waals surface area contributed by atoms with Crippen molar-refractivity contribution in [1.82, 2.24) is 10.2 Å². The highest BCUT2D eigenvalue weighted by Crippen LogP contribution is 2.38. The van der Waals surface area contributed by atoms with Crippen LogP contribution in [0, 0.1) is 0 Å². The van der Waals surface area contributed by atoms with E-state index in [1.165, 1.54) is 63.4 Å². The summed E-state index contributed by atoms with van der Waals surface area (Å²) >= 11 is 0. The van der Waals surface area contributed by atoms with Gasteiger partial charge in [0.05, 0.1) is 0 Å². The molecule has 4 nitrogen and oxygen atoms in total. The van der Waals surface area contributed by atoms with E-state index >= 15 is 0 Å². The van der Waals surface area contributed by atoms with Crippen LogP contribution in [-0.4, -0.2) is 41.5 Å². The van der Waals surface area contributed by atoms with Gasteiger partial charge in [-0.25, -0.2) is 0 Å². The Kier molecular flexibility index (Phi) is 6.37. The minimum atomic E-state index is -0.491. The fourth-order valence-corrected chi connectivity index (χ4v) is 5.97. The number of amides is 1. The maximum Gasteiger partial charge on any atom is 0.237 e. The van der Waals surface area contributed by atoms with Crippen LogP contribution in [0.25, 0.3) is 0 Å². The molecule has 0 aromatic heterocycles. The van der Waals surface area contributed by atoms with Gasteiger partial charge < -0.3 is 11.1 Å². The smallest absolute Gasteiger partial charge is 0.237 e. The monoisotopic (exact) mass is 383 g/mol. The molecule has 2 atom stereocenters. The predicted molar refractivity (Wildman–Crippen MR) is 114 cm³/mol. The van der Waals surface area contributed by atoms with Gasteiger partial charge in [-0.1, -0.05) is 62.4 Å². The molecule has 28 heavy (non-hydrogen) atoms. The van der Waals surface area contributed by atoms with E-state index in [1.54, 1.807) is 0 Å². The summed E-state index contributed by atoms with van der Waals surface area (Å²) in [7, 11) is 0. The fourth-order valence-electron chi connectivity index (χ4n) is 5.97. The Morgan fingerprint density at radius 3 is 2.25 bits per heavy atom. The van der Waals surface area contributed by atoms with Crippen molar-refractivity contribution in [3.8, 4) is 0 Å². The van der Waals surface area contributed by atoms with Gasteiger partial charge in [0.25, 0.3) is 0 Å². The lowest BCUT2D eigenvalue weighted by molar-refractivity contribution is -0.127. The molecule has 0 spiro atoms. The van der Waals surface area contributed by atoms with Gasteiger partial charge in [0.1, 0.15) is 5.54 Å². The third kappa shape index (κ3) is 4.28. The molecule has 1 amide bonds. The third-order valence-corrected chi connectivity index (χ3v) is 7.64. The number of likely N-dealkylation sites (tertiary alicyclic amines) is 1. The van der Waals surface area contributed by atoms with Gasteiger partial charge in [0, 0.05) is 25.2 Å². The zero-order valence-corrected chi connectivity index (χ0v) is 17.2. The summed E-state index contributed by atoms with van der Waals surface area (Å²) in [5, 5.41) is 3.74. The Labute approximate surface area is 170 Å². The number of nitrogens with one attached hydrogen (secondary N) is 1. The minimum Gasteiger partial charge on any atom is -0.368 e. The Morgan fingerprint density at radius 2 is 1.57 bits per heavy atom. The quantitative estimate of drug-likeness (QED) is 0.809. The number of rotatable bonds is 5. The van der Waals surface area contributed by atoms with Crippen LogP contribution >= 0.6 is 0 Å². The van der Waals surface area contributed by atoms with Crippen molar-refractivity contribution in [2.75, 3.05) is 13.1 Å². The molecule has 1 saturated heterocycles. The van der Waals surface area contributed by atoms with E-state index in [1.807, 2.05) is 0 Å². The van der Waals surface area contributed by atoms with Crippen LogP contribution in [0.2, 0.25) is 0 Å². The number of carbonyl (C=O) groups excluding carboxylic acids is 1. The minimum absolute atomic E-state index is 0.138. The fraction of sp³-hybridized carbons (Fsp3) is 0.708. The Balaban J connectivity index is 1.43. The predicted octanol–water partition coefficient (Wildman–Crippen LogP) is 3.96. The third-order valence-electron chi connectivity index (χ3n) is 7.64. The first-order chi connectivity index (χ1) is 13.7. The molecule has 1 aromatic rings. The Hall–Kier alpha value is -1.39. The second-order valence-corrected chi connectivity index (χ2v) is 9.33. The van der Waals surface area contributed by atoms with E-state index in [0.717, 1.165) is 25.9 Å². The first-order valence-corrected chi connectivity index (χ1v) is 11.5. The highest BCUT2D eigenvalue weighted by atomic mass is 16.1. The molecule has 1 heterocycles. The summed E-state index contributed by atoms with van der Waals surface area (Å²) in [5.41, 5.74) is 6.94. The zero-order chi connectivity index (χ0) is 19.4. The van der Waals surface area contributed by atoms with Crippen molar-refractivity contribution < 1.29 is 4.79 Å². The van der Waals surface area contributed by atoms with E-state index in [2.05, 4.69) is 40.5 Å². The van der Waals surface area contributed by atoms with Gasteiger partial charge in [-0.05, 0) is 50.0 Å². The maximum absolute atomic E-state index is 12.5. The molecule has 3 N–H and O–H groups in total. The summed E-state index contributed by atoms with van der Waals surface area (Å²) in [6.07, 6.45) is 13.2. The topological polar surface area (TPSA) is 58.4 Å². The summed E-state index contributed by atoms with van der Waals surface area (Å²) in [4.78, 5) is 15.1. The molecule has 2 aliphatic carbocycles.